The van der Waals surface area contributed by atoms with Crippen LogP contribution in [0.5, 0.6) is 0 Å². The minimum absolute atomic E-state index is 0. The molecule has 2 heterocycles. The van der Waals surface area contributed by atoms with E-state index in [2.05, 4.69) is 21.1 Å². The first-order valence-corrected chi connectivity index (χ1v) is 5.72. The van der Waals surface area contributed by atoms with Gasteiger partial charge in [0.1, 0.15) is 0 Å². The van der Waals surface area contributed by atoms with Gasteiger partial charge in [-0.05, 0) is 0 Å². The molecule has 0 saturated heterocycles. The van der Waals surface area contributed by atoms with Crippen molar-refractivity contribution in [1.29, 1.82) is 0 Å². The molecule has 0 aliphatic carbocycles. The molecule has 0 fully saturated rings. The Morgan fingerprint density at radius 1 is 1.19 bits per heavy atom. The first-order chi connectivity index (χ1) is 9.45. The summed E-state index contributed by atoms with van der Waals surface area (Å²) in [6, 6.07) is 8.43. The fraction of sp³-hybridized carbons (Fsp3) is 0.154. The van der Waals surface area contributed by atoms with Crippen molar-refractivity contribution in [3.8, 4) is 11.3 Å². The first kappa shape index (κ1) is 16.0. The summed E-state index contributed by atoms with van der Waals surface area (Å²) in [4.78, 5) is 7.33. The molecule has 102 valence electrons. The molecule has 0 amide bonds. The van der Waals surface area contributed by atoms with E-state index < -0.39 is 11.9 Å². The molecule has 3 rings (SSSR count). The normalized spacial score (nSPS) is 11.4. The van der Waals surface area contributed by atoms with Crippen LogP contribution in [0.4, 0.5) is 13.2 Å². The van der Waals surface area contributed by atoms with Crippen molar-refractivity contribution in [3.63, 3.8) is 0 Å². The molecule has 0 aliphatic rings. The summed E-state index contributed by atoms with van der Waals surface area (Å²) in [6.45, 7) is 1.90. The fourth-order valence-corrected chi connectivity index (χ4v) is 1.77. The second kappa shape index (κ2) is 5.81. The fourth-order valence-electron chi connectivity index (χ4n) is 1.77. The Morgan fingerprint density at radius 3 is 2.57 bits per heavy atom. The van der Waals surface area contributed by atoms with Gasteiger partial charge in [-0.1, -0.05) is 6.92 Å². The molecular weight excluding hydrogens is 358 g/mol. The van der Waals surface area contributed by atoms with Gasteiger partial charge in [0, 0.05) is 11.9 Å². The number of imidazole rings is 1. The maximum atomic E-state index is 12.5. The quantitative estimate of drug-likeness (QED) is 0.622. The van der Waals surface area contributed by atoms with Crippen LogP contribution in [0, 0.1) is 13.0 Å². The van der Waals surface area contributed by atoms with Gasteiger partial charge in [0.05, 0.1) is 6.20 Å². The number of fused-ring (bicyclic) bond motifs is 1. The average Bonchev–Trinajstić information content (AvgIpc) is 2.81. The third-order valence-corrected chi connectivity index (χ3v) is 2.79. The van der Waals surface area contributed by atoms with E-state index in [4.69, 9.17) is 0 Å². The van der Waals surface area contributed by atoms with Crippen molar-refractivity contribution in [2.45, 2.75) is 13.1 Å². The Kier molecular flexibility index (Phi) is 4.44. The summed E-state index contributed by atoms with van der Waals surface area (Å²) >= 11 is 0. The second-order valence-electron chi connectivity index (χ2n) is 4.25. The number of halogens is 3. The van der Waals surface area contributed by atoms with Gasteiger partial charge >= 0.3 is 38.9 Å². The first-order valence-electron chi connectivity index (χ1n) is 5.72. The van der Waals surface area contributed by atoms with Gasteiger partial charge in [0.15, 0.2) is 5.69 Å². The Labute approximate surface area is 143 Å². The van der Waals surface area contributed by atoms with Crippen LogP contribution in [0.15, 0.2) is 30.6 Å². The number of aromatic nitrogens is 4. The van der Waals surface area contributed by atoms with Crippen LogP contribution >= 0.6 is 0 Å². The van der Waals surface area contributed by atoms with Crippen molar-refractivity contribution >= 4 is 5.78 Å². The molecule has 4 nitrogen and oxygen atoms in total. The molecule has 3 aromatic rings. The van der Waals surface area contributed by atoms with E-state index in [1.807, 2.05) is 19.1 Å². The molecule has 0 unspecified atom stereocenters. The third kappa shape index (κ3) is 3.13. The zero-order valence-electron chi connectivity index (χ0n) is 10.9. The molecule has 0 radical (unpaired) electrons. The van der Waals surface area contributed by atoms with Gasteiger partial charge in [-0.3, -0.25) is 0 Å². The summed E-state index contributed by atoms with van der Waals surface area (Å²) in [7, 11) is 0. The number of hydrogen-bond acceptors (Lipinski definition) is 3. The Bertz CT molecular complexity index is 765. The van der Waals surface area contributed by atoms with E-state index in [9.17, 15) is 13.2 Å². The summed E-state index contributed by atoms with van der Waals surface area (Å²) < 4.78 is 38.9. The van der Waals surface area contributed by atoms with Crippen LogP contribution in [-0.2, 0) is 38.9 Å². The maximum absolute atomic E-state index is 12.5. The van der Waals surface area contributed by atoms with Gasteiger partial charge in [-0.15, -0.1) is 5.56 Å². The van der Waals surface area contributed by atoms with E-state index in [0.717, 1.165) is 11.1 Å². The molecule has 0 bridgehead atoms. The van der Waals surface area contributed by atoms with Crippen LogP contribution in [0.25, 0.3) is 17.0 Å². The summed E-state index contributed by atoms with van der Waals surface area (Å²) in [5.74, 6) is -0.0876. The van der Waals surface area contributed by atoms with Crippen LogP contribution < -0.4 is 0 Å². The Morgan fingerprint density at radius 2 is 1.95 bits per heavy atom. The smallest absolute Gasteiger partial charge is 0.219 e. The molecule has 0 aliphatic heterocycles. The molecule has 21 heavy (non-hydrogen) atoms. The van der Waals surface area contributed by atoms with Crippen molar-refractivity contribution in [2.75, 3.05) is 0 Å². The number of alkyl halides is 3. The van der Waals surface area contributed by atoms with E-state index in [0.29, 0.717) is 11.9 Å². The van der Waals surface area contributed by atoms with Crippen LogP contribution in [-0.4, -0.2) is 19.6 Å². The summed E-state index contributed by atoms with van der Waals surface area (Å²) in [5, 5.41) is 3.76. The van der Waals surface area contributed by atoms with E-state index in [1.165, 1.54) is 10.7 Å². The van der Waals surface area contributed by atoms with Gasteiger partial charge in [0.2, 0.25) is 0 Å². The van der Waals surface area contributed by atoms with Gasteiger partial charge in [-0.25, -0.2) is 14.5 Å². The summed E-state index contributed by atoms with van der Waals surface area (Å²) in [6.07, 6.45) is -2.40. The van der Waals surface area contributed by atoms with E-state index >= 15 is 0 Å². The molecule has 0 atom stereocenters. The van der Waals surface area contributed by atoms with Gasteiger partial charge in [0.25, 0.3) is 5.78 Å². The van der Waals surface area contributed by atoms with Crippen molar-refractivity contribution < 1.29 is 45.9 Å². The minimum atomic E-state index is -4.53. The third-order valence-electron chi connectivity index (χ3n) is 2.79. The van der Waals surface area contributed by atoms with Crippen molar-refractivity contribution in [1.82, 2.24) is 19.6 Å². The number of hydrogen-bond donors (Lipinski definition) is 0. The SMILES string of the molecule is Cc1[c-]cc(-c2cnc3nc(C(F)(F)F)cnn23)cc1.[Y+3]. The topological polar surface area (TPSA) is 43.1 Å². The van der Waals surface area contributed by atoms with Crippen LogP contribution in [0.2, 0.25) is 0 Å². The Hall–Kier alpha value is -1.34. The monoisotopic (exact) mass is 366 g/mol. The minimum Gasteiger partial charge on any atom is -0.219 e. The van der Waals surface area contributed by atoms with Gasteiger partial charge < -0.3 is 0 Å². The molecular formula is C13H8F3N4Y+2. The van der Waals surface area contributed by atoms with Crippen LogP contribution in [0.1, 0.15) is 11.3 Å². The second-order valence-corrected chi connectivity index (χ2v) is 4.25. The number of benzene rings is 1. The van der Waals surface area contributed by atoms with E-state index in [1.54, 1.807) is 6.07 Å². The largest absolute Gasteiger partial charge is 3.00 e. The molecule has 2 aromatic heterocycles. The standard InChI is InChI=1S/C13H8F3N4.Y/c1-8-2-4-9(5-3-8)10-6-17-12-19-11(13(14,15)16)7-18-20(10)12;/h2,4-7H,1H3;/q-1;+3. The molecule has 8 heteroatoms. The number of nitrogens with zero attached hydrogens (tertiary/aromatic N) is 4. The predicted molar refractivity (Wildman–Crippen MR) is 64.8 cm³/mol. The number of aryl methyl sites for hydroxylation is 1. The van der Waals surface area contributed by atoms with E-state index in [-0.39, 0.29) is 38.5 Å². The Balaban J connectivity index is 0.00000161. The predicted octanol–water partition coefficient (Wildman–Crippen LogP) is 2.92. The van der Waals surface area contributed by atoms with Gasteiger partial charge in [-0.2, -0.15) is 48.1 Å². The van der Waals surface area contributed by atoms with Crippen molar-refractivity contribution in [3.05, 3.63) is 47.9 Å². The molecule has 0 saturated carbocycles. The van der Waals surface area contributed by atoms with Crippen molar-refractivity contribution in [2.24, 2.45) is 0 Å². The molecule has 0 spiro atoms. The maximum Gasteiger partial charge on any atom is 3.00 e. The summed E-state index contributed by atoms with van der Waals surface area (Å²) in [5.41, 5.74) is 1.24. The average molecular weight is 366 g/mol. The number of rotatable bonds is 1. The zero-order chi connectivity index (χ0) is 14.3. The molecule has 1 aromatic carbocycles. The zero-order valence-corrected chi connectivity index (χ0v) is 13.7. The molecule has 0 N–H and O–H groups in total. The van der Waals surface area contributed by atoms with Crippen LogP contribution in [0.3, 0.4) is 0 Å².